The van der Waals surface area contributed by atoms with Crippen molar-refractivity contribution in [2.45, 2.75) is 51.4 Å². The van der Waals surface area contributed by atoms with Crippen molar-refractivity contribution >= 4 is 22.5 Å². The van der Waals surface area contributed by atoms with Crippen LogP contribution < -0.4 is 4.74 Å². The van der Waals surface area contributed by atoms with Gasteiger partial charge in [0, 0.05) is 5.56 Å². The van der Waals surface area contributed by atoms with E-state index in [0.29, 0.717) is 5.17 Å². The first kappa shape index (κ1) is 18.0. The van der Waals surface area contributed by atoms with Gasteiger partial charge >= 0.3 is 0 Å². The Morgan fingerprint density at radius 1 is 0.920 bits per heavy atom. The van der Waals surface area contributed by atoms with Crippen LogP contribution in [0.15, 0.2) is 47.5 Å². The second-order valence-corrected chi connectivity index (χ2v) is 8.49. The number of rotatable bonds is 3. The molecule has 2 nitrogen and oxygen atoms in total. The van der Waals surface area contributed by atoms with Crippen LogP contribution in [0.1, 0.15) is 57.2 Å². The zero-order chi connectivity index (χ0) is 18.2. The van der Waals surface area contributed by atoms with Crippen molar-refractivity contribution in [2.24, 2.45) is 4.99 Å². The summed E-state index contributed by atoms with van der Waals surface area (Å²) in [6.45, 7) is 9.29. The summed E-state index contributed by atoms with van der Waals surface area (Å²) in [6, 6.07) is 14.2. The minimum atomic E-state index is 0.165. The summed E-state index contributed by atoms with van der Waals surface area (Å²) >= 11 is 6.54. The third-order valence-corrected chi connectivity index (χ3v) is 5.69. The number of benzene rings is 2. The maximum Gasteiger partial charge on any atom is 0.136 e. The summed E-state index contributed by atoms with van der Waals surface area (Å²) in [4.78, 5) is 4.56. The minimum absolute atomic E-state index is 0.165. The fraction of sp³-hybridized carbons (Fsp3) is 0.409. The van der Waals surface area contributed by atoms with E-state index < -0.39 is 0 Å². The highest BCUT2D eigenvalue weighted by Gasteiger charge is 2.37. The van der Waals surface area contributed by atoms with E-state index in [1.807, 2.05) is 24.3 Å². The van der Waals surface area contributed by atoms with E-state index in [2.05, 4.69) is 50.9 Å². The van der Waals surface area contributed by atoms with Crippen LogP contribution in [-0.2, 0) is 10.8 Å². The molecule has 0 radical (unpaired) electrons. The molecule has 0 saturated heterocycles. The SMILES string of the molecule is COc1ccc(N=C(Cl)c2ccc3c(c2)C(C)(C)CCC3(C)C)cc1. The van der Waals surface area contributed by atoms with Gasteiger partial charge in [0.05, 0.1) is 12.8 Å². The van der Waals surface area contributed by atoms with Gasteiger partial charge in [0.1, 0.15) is 10.9 Å². The van der Waals surface area contributed by atoms with Crippen LogP contribution in [0.4, 0.5) is 5.69 Å². The summed E-state index contributed by atoms with van der Waals surface area (Å²) in [5, 5.41) is 0.521. The van der Waals surface area contributed by atoms with Crippen LogP contribution in [0.5, 0.6) is 5.75 Å². The Balaban J connectivity index is 1.99. The lowest BCUT2D eigenvalue weighted by Gasteiger charge is -2.42. The molecule has 0 spiro atoms. The van der Waals surface area contributed by atoms with Gasteiger partial charge in [0.25, 0.3) is 0 Å². The fourth-order valence-electron chi connectivity index (χ4n) is 3.55. The Hall–Kier alpha value is -1.80. The largest absolute Gasteiger partial charge is 0.497 e. The lowest BCUT2D eigenvalue weighted by Crippen LogP contribution is -2.34. The maximum atomic E-state index is 6.54. The monoisotopic (exact) mass is 355 g/mol. The number of nitrogens with zero attached hydrogens (tertiary/aromatic N) is 1. The van der Waals surface area contributed by atoms with E-state index >= 15 is 0 Å². The molecule has 0 unspecified atom stereocenters. The second-order valence-electron chi connectivity index (χ2n) is 8.13. The fourth-order valence-corrected chi connectivity index (χ4v) is 3.77. The van der Waals surface area contributed by atoms with Crippen molar-refractivity contribution in [3.05, 3.63) is 59.2 Å². The Morgan fingerprint density at radius 3 is 2.12 bits per heavy atom. The third-order valence-electron chi connectivity index (χ3n) is 5.39. The van der Waals surface area contributed by atoms with Gasteiger partial charge in [-0.3, -0.25) is 0 Å². The molecule has 0 heterocycles. The van der Waals surface area contributed by atoms with E-state index in [4.69, 9.17) is 16.3 Å². The summed E-state index contributed by atoms with van der Waals surface area (Å²) in [5.41, 5.74) is 5.00. The van der Waals surface area contributed by atoms with Gasteiger partial charge in [-0.2, -0.15) is 0 Å². The standard InChI is InChI=1S/C22H26ClNO/c1-21(2)12-13-22(3,4)19-14-15(6-11-18(19)21)20(23)24-16-7-9-17(25-5)10-8-16/h6-11,14H,12-13H2,1-5H3. The molecule has 1 aliphatic carbocycles. The van der Waals surface area contributed by atoms with Crippen molar-refractivity contribution in [3.8, 4) is 5.75 Å². The van der Waals surface area contributed by atoms with Crippen LogP contribution in [0.2, 0.25) is 0 Å². The zero-order valence-corrected chi connectivity index (χ0v) is 16.4. The molecule has 132 valence electrons. The van der Waals surface area contributed by atoms with Crippen LogP contribution in [0.25, 0.3) is 0 Å². The predicted molar refractivity (Wildman–Crippen MR) is 107 cm³/mol. The number of hydrogen-bond acceptors (Lipinski definition) is 2. The topological polar surface area (TPSA) is 21.6 Å². The number of halogens is 1. The molecule has 0 amide bonds. The average molecular weight is 356 g/mol. The smallest absolute Gasteiger partial charge is 0.136 e. The van der Waals surface area contributed by atoms with Crippen molar-refractivity contribution < 1.29 is 4.74 Å². The number of ether oxygens (including phenoxy) is 1. The molecule has 3 heteroatoms. The maximum absolute atomic E-state index is 6.54. The Morgan fingerprint density at radius 2 is 1.52 bits per heavy atom. The molecule has 2 aromatic rings. The molecular formula is C22H26ClNO. The first-order valence-corrected chi connectivity index (χ1v) is 9.14. The Kier molecular flexibility index (Phi) is 4.68. The van der Waals surface area contributed by atoms with Crippen molar-refractivity contribution in [3.63, 3.8) is 0 Å². The number of fused-ring (bicyclic) bond motifs is 1. The Bertz CT molecular complexity index is 803. The second kappa shape index (κ2) is 6.49. The summed E-state index contributed by atoms with van der Waals surface area (Å²) in [6.07, 6.45) is 2.39. The lowest BCUT2D eigenvalue weighted by molar-refractivity contribution is 0.332. The first-order valence-electron chi connectivity index (χ1n) is 8.77. The van der Waals surface area contributed by atoms with Crippen LogP contribution in [0.3, 0.4) is 0 Å². The molecule has 0 atom stereocenters. The summed E-state index contributed by atoms with van der Waals surface area (Å²) in [5.74, 6) is 0.813. The normalized spacial score (nSPS) is 18.6. The summed E-state index contributed by atoms with van der Waals surface area (Å²) in [7, 11) is 1.65. The van der Waals surface area contributed by atoms with Crippen molar-refractivity contribution in [1.29, 1.82) is 0 Å². The summed E-state index contributed by atoms with van der Waals surface area (Å²) < 4.78 is 5.18. The highest BCUT2D eigenvalue weighted by Crippen LogP contribution is 2.46. The van der Waals surface area contributed by atoms with Crippen LogP contribution >= 0.6 is 11.6 Å². The highest BCUT2D eigenvalue weighted by atomic mass is 35.5. The zero-order valence-electron chi connectivity index (χ0n) is 15.7. The van der Waals surface area contributed by atoms with Gasteiger partial charge in [0.15, 0.2) is 0 Å². The molecule has 2 aromatic carbocycles. The van der Waals surface area contributed by atoms with Crippen molar-refractivity contribution in [1.82, 2.24) is 0 Å². The van der Waals surface area contributed by atoms with E-state index in [1.54, 1.807) is 7.11 Å². The minimum Gasteiger partial charge on any atom is -0.497 e. The first-order chi connectivity index (χ1) is 11.7. The van der Waals surface area contributed by atoms with E-state index in [1.165, 1.54) is 24.0 Å². The molecule has 25 heavy (non-hydrogen) atoms. The van der Waals surface area contributed by atoms with Gasteiger partial charge in [0.2, 0.25) is 0 Å². The van der Waals surface area contributed by atoms with Crippen molar-refractivity contribution in [2.75, 3.05) is 7.11 Å². The van der Waals surface area contributed by atoms with E-state index in [9.17, 15) is 0 Å². The number of aliphatic imine (C=N–C) groups is 1. The van der Waals surface area contributed by atoms with E-state index in [-0.39, 0.29) is 10.8 Å². The van der Waals surface area contributed by atoms with Crippen LogP contribution in [0, 0.1) is 0 Å². The van der Waals surface area contributed by atoms with Gasteiger partial charge in [-0.1, -0.05) is 51.4 Å². The average Bonchev–Trinajstić information content (AvgIpc) is 2.59. The number of hydrogen-bond donors (Lipinski definition) is 0. The molecule has 0 N–H and O–H groups in total. The predicted octanol–water partition coefficient (Wildman–Crippen LogP) is 6.36. The molecule has 1 aliphatic rings. The number of methoxy groups -OCH3 is 1. The van der Waals surface area contributed by atoms with Crippen LogP contribution in [-0.4, -0.2) is 12.3 Å². The molecule has 0 fully saturated rings. The van der Waals surface area contributed by atoms with Gasteiger partial charge < -0.3 is 4.74 Å². The molecular weight excluding hydrogens is 330 g/mol. The van der Waals surface area contributed by atoms with E-state index in [0.717, 1.165) is 17.0 Å². The molecule has 0 aliphatic heterocycles. The van der Waals surface area contributed by atoms with Gasteiger partial charge in [-0.25, -0.2) is 4.99 Å². The molecule has 0 saturated carbocycles. The highest BCUT2D eigenvalue weighted by molar-refractivity contribution is 6.69. The third kappa shape index (κ3) is 3.59. The lowest BCUT2D eigenvalue weighted by atomic mass is 9.63. The quantitative estimate of drug-likeness (QED) is 0.587. The van der Waals surface area contributed by atoms with Gasteiger partial charge in [-0.05, 0) is 65.1 Å². The van der Waals surface area contributed by atoms with Gasteiger partial charge in [-0.15, -0.1) is 0 Å². The Labute approximate surface area is 155 Å². The molecule has 0 aromatic heterocycles. The molecule has 0 bridgehead atoms. The molecule has 3 rings (SSSR count).